The van der Waals surface area contributed by atoms with Crippen molar-refractivity contribution >= 4 is 43.6 Å². The average molecular weight is 652 g/mol. The van der Waals surface area contributed by atoms with Gasteiger partial charge in [-0.3, -0.25) is 0 Å². The first-order chi connectivity index (χ1) is 25.3. The molecule has 0 aliphatic rings. The molecule has 0 atom stereocenters. The Morgan fingerprint density at radius 2 is 0.922 bits per heavy atom. The fraction of sp³-hybridized carbons (Fsp3) is 0. The average Bonchev–Trinajstić information content (AvgIpc) is 3.60. The quantitative estimate of drug-likeness (QED) is 0.174. The lowest BCUT2D eigenvalue weighted by Gasteiger charge is -2.13. The van der Waals surface area contributed by atoms with Gasteiger partial charge in [0.25, 0.3) is 0 Å². The second-order valence-electron chi connectivity index (χ2n) is 12.8. The summed E-state index contributed by atoms with van der Waals surface area (Å²) in [4.78, 5) is 15.5. The van der Waals surface area contributed by atoms with Crippen LogP contribution in [0.1, 0.15) is 0 Å². The van der Waals surface area contributed by atoms with Crippen LogP contribution in [-0.4, -0.2) is 15.0 Å². The van der Waals surface area contributed by atoms with Crippen LogP contribution < -0.4 is 0 Å². The molecule has 0 fully saturated rings. The third-order valence-corrected chi connectivity index (χ3v) is 9.66. The third kappa shape index (κ3) is 5.04. The highest BCUT2D eigenvalue weighted by Crippen LogP contribution is 2.41. The maximum Gasteiger partial charge on any atom is 0.160 e. The maximum atomic E-state index is 6.56. The largest absolute Gasteiger partial charge is 0.455 e. The van der Waals surface area contributed by atoms with Crippen LogP contribution in [0.25, 0.3) is 99.9 Å². The van der Waals surface area contributed by atoms with Crippen molar-refractivity contribution in [3.63, 3.8) is 0 Å². The molecule has 4 heteroatoms. The van der Waals surface area contributed by atoms with Gasteiger partial charge in [-0.15, -0.1) is 0 Å². The number of hydrogen-bond acceptors (Lipinski definition) is 4. The van der Waals surface area contributed by atoms with Gasteiger partial charge in [-0.05, 0) is 47.5 Å². The lowest BCUT2D eigenvalue weighted by molar-refractivity contribution is 0.673. The van der Waals surface area contributed by atoms with Gasteiger partial charge in [0, 0.05) is 49.2 Å². The number of pyridine rings is 1. The summed E-state index contributed by atoms with van der Waals surface area (Å²) in [6.07, 6.45) is 0. The lowest BCUT2D eigenvalue weighted by atomic mass is 9.96. The number of furan rings is 1. The van der Waals surface area contributed by atoms with Crippen molar-refractivity contribution < 1.29 is 4.42 Å². The molecule has 10 rings (SSSR count). The minimum atomic E-state index is 0.681. The molecule has 7 aromatic carbocycles. The summed E-state index contributed by atoms with van der Waals surface area (Å²) in [5, 5.41) is 5.41. The SMILES string of the molecule is c1ccc(-c2cccc(-c3cc(-c4cccc(-c5nc6ccccc6c6c5ccc5c7ccccc7oc56)c4)nc(-c4ccccc4)n3)c2)cc1. The second kappa shape index (κ2) is 11.9. The highest BCUT2D eigenvalue weighted by atomic mass is 16.3. The van der Waals surface area contributed by atoms with E-state index in [-0.39, 0.29) is 0 Å². The molecule has 0 aliphatic carbocycles. The number of nitrogens with zero attached hydrogens (tertiary/aromatic N) is 3. The molecule has 238 valence electrons. The summed E-state index contributed by atoms with van der Waals surface area (Å²) < 4.78 is 6.56. The number of rotatable bonds is 5. The van der Waals surface area contributed by atoms with E-state index in [9.17, 15) is 0 Å². The molecule has 0 radical (unpaired) electrons. The Labute approximate surface area is 294 Å². The maximum absolute atomic E-state index is 6.56. The van der Waals surface area contributed by atoms with E-state index in [0.29, 0.717) is 5.82 Å². The number of benzene rings is 7. The normalized spacial score (nSPS) is 11.5. The molecule has 0 saturated carbocycles. The highest BCUT2D eigenvalue weighted by Gasteiger charge is 2.18. The minimum Gasteiger partial charge on any atom is -0.455 e. The highest BCUT2D eigenvalue weighted by molar-refractivity contribution is 6.24. The zero-order valence-electron chi connectivity index (χ0n) is 27.5. The minimum absolute atomic E-state index is 0.681. The van der Waals surface area contributed by atoms with E-state index in [2.05, 4.69) is 133 Å². The topological polar surface area (TPSA) is 51.8 Å². The molecule has 3 heterocycles. The van der Waals surface area contributed by atoms with Gasteiger partial charge in [-0.1, -0.05) is 140 Å². The monoisotopic (exact) mass is 651 g/mol. The van der Waals surface area contributed by atoms with Crippen LogP contribution in [-0.2, 0) is 0 Å². The Balaban J connectivity index is 1.17. The van der Waals surface area contributed by atoms with Gasteiger partial charge in [0.05, 0.1) is 22.6 Å². The first-order valence-electron chi connectivity index (χ1n) is 17.1. The predicted octanol–water partition coefficient (Wildman–Crippen LogP) is 12.4. The molecule has 51 heavy (non-hydrogen) atoms. The van der Waals surface area contributed by atoms with Crippen molar-refractivity contribution in [2.45, 2.75) is 0 Å². The van der Waals surface area contributed by atoms with Crippen LogP contribution in [0.4, 0.5) is 0 Å². The fourth-order valence-electron chi connectivity index (χ4n) is 7.21. The van der Waals surface area contributed by atoms with E-state index < -0.39 is 0 Å². The molecule has 10 aromatic rings. The molecule has 0 unspecified atom stereocenters. The molecular weight excluding hydrogens is 623 g/mol. The first-order valence-corrected chi connectivity index (χ1v) is 17.1. The number of fused-ring (bicyclic) bond motifs is 7. The van der Waals surface area contributed by atoms with Crippen molar-refractivity contribution in [3.05, 3.63) is 176 Å². The molecular formula is C47H29N3O. The molecule has 0 N–H and O–H groups in total. The van der Waals surface area contributed by atoms with Gasteiger partial charge >= 0.3 is 0 Å². The van der Waals surface area contributed by atoms with E-state index >= 15 is 0 Å². The zero-order chi connectivity index (χ0) is 33.7. The Bertz CT molecular complexity index is 2910. The smallest absolute Gasteiger partial charge is 0.160 e. The summed E-state index contributed by atoms with van der Waals surface area (Å²) in [5.41, 5.74) is 11.6. The second-order valence-corrected chi connectivity index (χ2v) is 12.8. The van der Waals surface area contributed by atoms with E-state index in [1.165, 1.54) is 5.56 Å². The standard InChI is InChI=1S/C47H29N3O/c1-3-13-30(14-4-1)32-17-11-18-33(27-32)41-29-42(50-47(49-41)31-15-5-2-6-16-31)34-19-12-20-35(28-34)45-39-26-25-37-36-21-8-10-24-43(36)51-46(37)44(39)38-22-7-9-23-40(38)48-45/h1-29H. The Kier molecular flexibility index (Phi) is 6.78. The number of aromatic nitrogens is 3. The fourth-order valence-corrected chi connectivity index (χ4v) is 7.21. The Hall–Kier alpha value is -6.91. The molecule has 0 saturated heterocycles. The molecule has 0 spiro atoms. The van der Waals surface area contributed by atoms with Crippen LogP contribution in [0, 0.1) is 0 Å². The Morgan fingerprint density at radius 1 is 0.353 bits per heavy atom. The van der Waals surface area contributed by atoms with Crippen molar-refractivity contribution in [3.8, 4) is 56.3 Å². The predicted molar refractivity (Wildman–Crippen MR) is 209 cm³/mol. The number of para-hydroxylation sites is 2. The van der Waals surface area contributed by atoms with Gasteiger partial charge in [0.15, 0.2) is 5.82 Å². The van der Waals surface area contributed by atoms with E-state index in [4.69, 9.17) is 19.4 Å². The summed E-state index contributed by atoms with van der Waals surface area (Å²) in [5.74, 6) is 0.681. The van der Waals surface area contributed by atoms with Crippen molar-refractivity contribution in [1.29, 1.82) is 0 Å². The van der Waals surface area contributed by atoms with Gasteiger partial charge in [0.1, 0.15) is 11.2 Å². The first kappa shape index (κ1) is 29.0. The van der Waals surface area contributed by atoms with E-state index in [0.717, 1.165) is 88.5 Å². The summed E-state index contributed by atoms with van der Waals surface area (Å²) in [6, 6.07) is 60.7. The van der Waals surface area contributed by atoms with Crippen LogP contribution in [0.15, 0.2) is 180 Å². The summed E-state index contributed by atoms with van der Waals surface area (Å²) in [7, 11) is 0. The molecule has 0 aliphatic heterocycles. The van der Waals surface area contributed by atoms with Crippen LogP contribution in [0.3, 0.4) is 0 Å². The molecule has 0 amide bonds. The number of hydrogen-bond donors (Lipinski definition) is 0. The van der Waals surface area contributed by atoms with Gasteiger partial charge < -0.3 is 4.42 Å². The van der Waals surface area contributed by atoms with E-state index in [1.54, 1.807) is 0 Å². The van der Waals surface area contributed by atoms with Crippen LogP contribution in [0.5, 0.6) is 0 Å². The van der Waals surface area contributed by atoms with Crippen molar-refractivity contribution in [2.24, 2.45) is 0 Å². The summed E-state index contributed by atoms with van der Waals surface area (Å²) in [6.45, 7) is 0. The van der Waals surface area contributed by atoms with Gasteiger partial charge in [0.2, 0.25) is 0 Å². The van der Waals surface area contributed by atoms with Crippen LogP contribution >= 0.6 is 0 Å². The van der Waals surface area contributed by atoms with Crippen molar-refractivity contribution in [2.75, 3.05) is 0 Å². The molecule has 3 aromatic heterocycles. The zero-order valence-corrected chi connectivity index (χ0v) is 27.5. The van der Waals surface area contributed by atoms with Gasteiger partial charge in [-0.25, -0.2) is 15.0 Å². The molecule has 0 bridgehead atoms. The molecule has 4 nitrogen and oxygen atoms in total. The summed E-state index contributed by atoms with van der Waals surface area (Å²) >= 11 is 0. The van der Waals surface area contributed by atoms with Gasteiger partial charge in [-0.2, -0.15) is 0 Å². The van der Waals surface area contributed by atoms with Crippen molar-refractivity contribution in [1.82, 2.24) is 15.0 Å². The van der Waals surface area contributed by atoms with E-state index in [1.807, 2.05) is 42.5 Å². The van der Waals surface area contributed by atoms with Crippen LogP contribution in [0.2, 0.25) is 0 Å². The Morgan fingerprint density at radius 3 is 1.69 bits per heavy atom. The lowest BCUT2D eigenvalue weighted by Crippen LogP contribution is -1.96. The third-order valence-electron chi connectivity index (χ3n) is 9.66.